The highest BCUT2D eigenvalue weighted by molar-refractivity contribution is 7.71. The fraction of sp³-hybridized carbons (Fsp3) is 0.636. The molecule has 0 unspecified atom stereocenters. The Morgan fingerprint density at radius 2 is 2.24 bits per heavy atom. The van der Waals surface area contributed by atoms with Gasteiger partial charge < -0.3 is 20.0 Å². The van der Waals surface area contributed by atoms with E-state index in [1.165, 1.54) is 0 Å². The second-order valence-electron chi connectivity index (χ2n) is 4.94. The Hall–Kier alpha value is -1.14. The lowest BCUT2D eigenvalue weighted by Crippen LogP contribution is -2.40. The third-order valence-electron chi connectivity index (χ3n) is 2.19. The molecular formula is C11H19N3O2S. The molecule has 0 radical (unpaired) electrons. The number of aliphatic hydroxyl groups is 1. The van der Waals surface area contributed by atoms with Crippen LogP contribution in [0.5, 0.6) is 0 Å². The zero-order valence-electron chi connectivity index (χ0n) is 10.4. The maximum Gasteiger partial charge on any atom is 0.222 e. The quantitative estimate of drug-likeness (QED) is 0.713. The van der Waals surface area contributed by atoms with Crippen LogP contribution in [-0.2, 0) is 17.9 Å². The lowest BCUT2D eigenvalue weighted by atomic mass is 10.1. The molecule has 0 aliphatic rings. The van der Waals surface area contributed by atoms with Crippen molar-refractivity contribution in [1.82, 2.24) is 14.9 Å². The summed E-state index contributed by atoms with van der Waals surface area (Å²) in [6.07, 6.45) is 2.00. The van der Waals surface area contributed by atoms with E-state index in [0.717, 1.165) is 0 Å². The summed E-state index contributed by atoms with van der Waals surface area (Å²) in [5.41, 5.74) is 0.467. The van der Waals surface area contributed by atoms with Crippen molar-refractivity contribution in [3.8, 4) is 0 Å². The number of aromatic amines is 1. The fourth-order valence-electron chi connectivity index (χ4n) is 1.50. The normalized spacial score (nSPS) is 11.5. The average molecular weight is 257 g/mol. The highest BCUT2D eigenvalue weighted by Gasteiger charge is 2.14. The maximum absolute atomic E-state index is 11.6. The maximum atomic E-state index is 11.6. The topological polar surface area (TPSA) is 70.1 Å². The van der Waals surface area contributed by atoms with Gasteiger partial charge in [0, 0.05) is 24.7 Å². The Morgan fingerprint density at radius 3 is 2.76 bits per heavy atom. The summed E-state index contributed by atoms with van der Waals surface area (Å²) in [5.74, 6) is -0.0236. The van der Waals surface area contributed by atoms with Crippen LogP contribution in [0.25, 0.3) is 0 Å². The van der Waals surface area contributed by atoms with Crippen molar-refractivity contribution >= 4 is 18.1 Å². The molecule has 0 bridgehead atoms. The summed E-state index contributed by atoms with van der Waals surface area (Å²) in [4.78, 5) is 14.5. The van der Waals surface area contributed by atoms with E-state index in [2.05, 4.69) is 10.3 Å². The minimum atomic E-state index is -0.226. The van der Waals surface area contributed by atoms with E-state index in [1.54, 1.807) is 10.8 Å². The predicted molar refractivity (Wildman–Crippen MR) is 68.1 cm³/mol. The summed E-state index contributed by atoms with van der Waals surface area (Å²) in [7, 11) is 0. The smallest absolute Gasteiger partial charge is 0.222 e. The van der Waals surface area contributed by atoms with Crippen LogP contribution in [0.1, 0.15) is 32.9 Å². The Balaban J connectivity index is 2.59. The second kappa shape index (κ2) is 5.46. The summed E-state index contributed by atoms with van der Waals surface area (Å²) in [6.45, 7) is 6.19. The summed E-state index contributed by atoms with van der Waals surface area (Å²) < 4.78 is 2.26. The first-order valence-corrected chi connectivity index (χ1v) is 5.93. The number of nitrogens with one attached hydrogen (secondary N) is 2. The van der Waals surface area contributed by atoms with Crippen LogP contribution in [0.4, 0.5) is 0 Å². The predicted octanol–water partition coefficient (Wildman–Crippen LogP) is 1.34. The summed E-state index contributed by atoms with van der Waals surface area (Å²) in [5, 5.41) is 12.0. The van der Waals surface area contributed by atoms with Crippen molar-refractivity contribution < 1.29 is 9.90 Å². The number of rotatable bonds is 4. The van der Waals surface area contributed by atoms with E-state index in [-0.39, 0.29) is 18.1 Å². The molecule has 0 aliphatic carbocycles. The molecule has 0 spiro atoms. The standard InChI is InChI=1S/C11H19N3O2S/c1-11(2,3)13-9(16)4-5-14-8(7-15)6-12-10(14)17/h6,15H,4-5,7H2,1-3H3,(H,12,17)(H,13,16). The van der Waals surface area contributed by atoms with Crippen molar-refractivity contribution in [2.24, 2.45) is 0 Å². The molecule has 0 aliphatic heterocycles. The molecule has 1 aromatic rings. The van der Waals surface area contributed by atoms with Gasteiger partial charge >= 0.3 is 0 Å². The van der Waals surface area contributed by atoms with Gasteiger partial charge in [0.15, 0.2) is 4.77 Å². The number of imidazole rings is 1. The van der Waals surface area contributed by atoms with E-state index in [9.17, 15) is 4.79 Å². The molecular weight excluding hydrogens is 238 g/mol. The highest BCUT2D eigenvalue weighted by Crippen LogP contribution is 2.04. The molecule has 17 heavy (non-hydrogen) atoms. The molecule has 1 amide bonds. The molecule has 96 valence electrons. The number of aliphatic hydroxyl groups excluding tert-OH is 1. The third-order valence-corrected chi connectivity index (χ3v) is 2.53. The molecule has 1 rings (SSSR count). The van der Waals surface area contributed by atoms with Gasteiger partial charge in [0.1, 0.15) is 0 Å². The van der Waals surface area contributed by atoms with Crippen LogP contribution in [0.3, 0.4) is 0 Å². The summed E-state index contributed by atoms with van der Waals surface area (Å²) >= 11 is 5.07. The van der Waals surface area contributed by atoms with E-state index in [1.807, 2.05) is 20.8 Å². The number of H-pyrrole nitrogens is 1. The van der Waals surface area contributed by atoms with Crippen LogP contribution in [0.2, 0.25) is 0 Å². The first-order chi connectivity index (χ1) is 7.83. The monoisotopic (exact) mass is 257 g/mol. The van der Waals surface area contributed by atoms with Gasteiger partial charge in [-0.05, 0) is 33.0 Å². The average Bonchev–Trinajstić information content (AvgIpc) is 2.53. The number of aromatic nitrogens is 2. The zero-order valence-corrected chi connectivity index (χ0v) is 11.2. The molecule has 0 atom stereocenters. The lowest BCUT2D eigenvalue weighted by molar-refractivity contribution is -0.122. The number of hydrogen-bond donors (Lipinski definition) is 3. The molecule has 0 saturated heterocycles. The highest BCUT2D eigenvalue weighted by atomic mass is 32.1. The number of carbonyl (C=O) groups excluding carboxylic acids is 1. The minimum Gasteiger partial charge on any atom is -0.390 e. The van der Waals surface area contributed by atoms with Gasteiger partial charge in [0.25, 0.3) is 0 Å². The zero-order chi connectivity index (χ0) is 13.1. The first-order valence-electron chi connectivity index (χ1n) is 5.52. The summed E-state index contributed by atoms with van der Waals surface area (Å²) in [6, 6.07) is 0. The van der Waals surface area contributed by atoms with Crippen molar-refractivity contribution in [2.75, 3.05) is 0 Å². The van der Waals surface area contributed by atoms with Gasteiger partial charge in [-0.3, -0.25) is 4.79 Å². The van der Waals surface area contributed by atoms with Crippen molar-refractivity contribution in [2.45, 2.75) is 45.9 Å². The number of nitrogens with zero attached hydrogens (tertiary/aromatic N) is 1. The lowest BCUT2D eigenvalue weighted by Gasteiger charge is -2.20. The molecule has 5 nitrogen and oxygen atoms in total. The molecule has 1 aromatic heterocycles. The number of carbonyl (C=O) groups is 1. The molecule has 0 fully saturated rings. The Morgan fingerprint density at radius 1 is 1.59 bits per heavy atom. The SMILES string of the molecule is CC(C)(C)NC(=O)CCn1c(CO)c[nH]c1=S. The Kier molecular flexibility index (Phi) is 4.47. The van der Waals surface area contributed by atoms with E-state index in [0.29, 0.717) is 23.4 Å². The van der Waals surface area contributed by atoms with E-state index >= 15 is 0 Å². The number of amides is 1. The Labute approximate surface area is 106 Å². The Bertz CT molecular complexity index is 442. The van der Waals surface area contributed by atoms with Crippen LogP contribution >= 0.6 is 12.2 Å². The van der Waals surface area contributed by atoms with Gasteiger partial charge in [0.05, 0.1) is 12.3 Å². The number of hydrogen-bond acceptors (Lipinski definition) is 3. The molecule has 0 saturated carbocycles. The van der Waals surface area contributed by atoms with E-state index < -0.39 is 0 Å². The second-order valence-corrected chi connectivity index (χ2v) is 5.33. The van der Waals surface area contributed by atoms with Gasteiger partial charge in [-0.2, -0.15) is 0 Å². The first kappa shape index (κ1) is 13.9. The molecule has 3 N–H and O–H groups in total. The third kappa shape index (κ3) is 4.32. The minimum absolute atomic E-state index is 0.0236. The van der Waals surface area contributed by atoms with Crippen LogP contribution in [0.15, 0.2) is 6.20 Å². The molecule has 6 heteroatoms. The fourth-order valence-corrected chi connectivity index (χ4v) is 1.77. The van der Waals surface area contributed by atoms with Crippen LogP contribution in [-0.4, -0.2) is 26.1 Å². The van der Waals surface area contributed by atoms with Crippen molar-refractivity contribution in [1.29, 1.82) is 0 Å². The molecule has 0 aromatic carbocycles. The largest absolute Gasteiger partial charge is 0.390 e. The van der Waals surface area contributed by atoms with Crippen molar-refractivity contribution in [3.63, 3.8) is 0 Å². The van der Waals surface area contributed by atoms with Gasteiger partial charge in [-0.25, -0.2) is 0 Å². The van der Waals surface area contributed by atoms with Crippen LogP contribution in [0, 0.1) is 4.77 Å². The van der Waals surface area contributed by atoms with E-state index in [4.69, 9.17) is 17.3 Å². The molecule has 1 heterocycles. The van der Waals surface area contributed by atoms with Crippen molar-refractivity contribution in [3.05, 3.63) is 16.7 Å². The van der Waals surface area contributed by atoms with Crippen LogP contribution < -0.4 is 5.32 Å². The van der Waals surface area contributed by atoms with Gasteiger partial charge in [-0.15, -0.1) is 0 Å². The van der Waals surface area contributed by atoms with Gasteiger partial charge in [-0.1, -0.05) is 0 Å². The van der Waals surface area contributed by atoms with Gasteiger partial charge in [0.2, 0.25) is 5.91 Å².